The Morgan fingerprint density at radius 3 is 1.67 bits per heavy atom. The van der Waals surface area contributed by atoms with E-state index in [0.29, 0.717) is 12.5 Å². The van der Waals surface area contributed by atoms with Gasteiger partial charge in [0.25, 0.3) is 0 Å². The van der Waals surface area contributed by atoms with Gasteiger partial charge in [0.05, 0.1) is 0 Å². The zero-order valence-corrected chi connectivity index (χ0v) is 29.7. The summed E-state index contributed by atoms with van der Waals surface area (Å²) >= 11 is 0. The highest BCUT2D eigenvalue weighted by molar-refractivity contribution is 6.27. The van der Waals surface area contributed by atoms with Crippen molar-refractivity contribution in [3.05, 3.63) is 119 Å². The van der Waals surface area contributed by atoms with Gasteiger partial charge in [-0.15, -0.1) is 0 Å². The maximum atomic E-state index is 9.10. The number of rotatable bonds is 9. The van der Waals surface area contributed by atoms with Gasteiger partial charge in [0.2, 0.25) is 0 Å². The van der Waals surface area contributed by atoms with Gasteiger partial charge >= 0.3 is 11.9 Å². The Bertz CT molecular complexity index is 1520. The second kappa shape index (κ2) is 21.0. The molecule has 0 fully saturated rings. The first-order valence-corrected chi connectivity index (χ1v) is 17.4. The predicted octanol–water partition coefficient (Wildman–Crippen LogP) is 6.36. The molecule has 0 radical (unpaired) electrons. The Hall–Kier alpha value is -4.18. The van der Waals surface area contributed by atoms with Crippen molar-refractivity contribution >= 4 is 11.9 Å². The van der Waals surface area contributed by atoms with Crippen molar-refractivity contribution in [2.75, 3.05) is 27.2 Å². The van der Waals surface area contributed by atoms with Gasteiger partial charge < -0.3 is 34.7 Å². The SMILES string of the molecule is CN(CCC1CCCc2c1ccn2C)Cc1ccccc1.CNCc1ccccc1.Cn1ccc2c1CCCC2CCO.O=C(O)C(=O)O. The number of hydrogen-bond acceptors (Lipinski definition) is 5. The van der Waals surface area contributed by atoms with E-state index >= 15 is 0 Å². The summed E-state index contributed by atoms with van der Waals surface area (Å²) in [5.41, 5.74) is 8.87. The standard InChI is InChI=1S/C19H26N2.C11H17NO.C8H11N.C2H2O4/c1-20(15-16-7-4-3-5-8-16)13-11-17-9-6-10-19-18(17)12-14-21(19)2;1-12-7-5-10-9(6-8-13)3-2-4-11(10)12;1-9-7-8-5-3-2-4-6-8;3-1(4)2(5)6/h3-5,7-8,12,14,17H,6,9-11,13,15H2,1-2H3;5,7,9,13H,2-4,6,8H2,1H3;2-6,9H,7H2,1H3;(H,3,4)(H,5,6). The summed E-state index contributed by atoms with van der Waals surface area (Å²) in [4.78, 5) is 20.7. The number of carboxylic acids is 2. The molecule has 0 amide bonds. The molecule has 6 rings (SSSR count). The molecule has 2 unspecified atom stereocenters. The minimum atomic E-state index is -1.82. The van der Waals surface area contributed by atoms with E-state index in [4.69, 9.17) is 24.9 Å². The number of benzene rings is 2. The van der Waals surface area contributed by atoms with Crippen molar-refractivity contribution < 1.29 is 24.9 Å². The van der Waals surface area contributed by atoms with Gasteiger partial charge in [-0.3, -0.25) is 0 Å². The van der Waals surface area contributed by atoms with Gasteiger partial charge in [-0.2, -0.15) is 0 Å². The molecule has 9 heteroatoms. The number of aliphatic hydroxyl groups excluding tert-OH is 1. The third kappa shape index (κ3) is 13.0. The summed E-state index contributed by atoms with van der Waals surface area (Å²) in [6.45, 7) is 3.50. The van der Waals surface area contributed by atoms with Gasteiger partial charge in [0, 0.05) is 57.6 Å². The number of aromatic nitrogens is 2. The molecule has 2 aromatic heterocycles. The van der Waals surface area contributed by atoms with E-state index in [1.807, 2.05) is 25.2 Å². The predicted molar refractivity (Wildman–Crippen MR) is 196 cm³/mol. The van der Waals surface area contributed by atoms with Gasteiger partial charge in [-0.05, 0) is 118 Å². The second-order valence-corrected chi connectivity index (χ2v) is 13.0. The van der Waals surface area contributed by atoms with E-state index in [1.165, 1.54) is 73.9 Å². The molecule has 2 atom stereocenters. The Morgan fingerprint density at radius 2 is 1.22 bits per heavy atom. The van der Waals surface area contributed by atoms with Gasteiger partial charge in [0.1, 0.15) is 0 Å². The fourth-order valence-corrected chi connectivity index (χ4v) is 6.80. The van der Waals surface area contributed by atoms with E-state index < -0.39 is 11.9 Å². The van der Waals surface area contributed by atoms with Crippen LogP contribution < -0.4 is 5.32 Å². The molecule has 2 heterocycles. The zero-order valence-electron chi connectivity index (χ0n) is 29.7. The molecule has 49 heavy (non-hydrogen) atoms. The van der Waals surface area contributed by atoms with Crippen molar-refractivity contribution in [2.45, 2.75) is 76.3 Å². The number of aliphatic hydroxyl groups is 1. The lowest BCUT2D eigenvalue weighted by Crippen LogP contribution is -2.22. The molecular formula is C40H56N4O5. The summed E-state index contributed by atoms with van der Waals surface area (Å²) < 4.78 is 4.54. The van der Waals surface area contributed by atoms with Crippen LogP contribution in [0.2, 0.25) is 0 Å². The molecule has 2 aliphatic carbocycles. The number of nitrogens with zero attached hydrogens (tertiary/aromatic N) is 3. The Kier molecular flexibility index (Phi) is 16.8. The van der Waals surface area contributed by atoms with E-state index in [9.17, 15) is 0 Å². The first-order valence-electron chi connectivity index (χ1n) is 17.4. The first-order chi connectivity index (χ1) is 23.6. The number of carboxylic acid groups (broad SMARTS) is 2. The molecule has 4 aromatic rings. The maximum Gasteiger partial charge on any atom is 0.414 e. The second-order valence-electron chi connectivity index (χ2n) is 13.0. The average Bonchev–Trinajstić information content (AvgIpc) is 3.69. The van der Waals surface area contributed by atoms with E-state index in [0.717, 1.165) is 25.4 Å². The summed E-state index contributed by atoms with van der Waals surface area (Å²) in [6.07, 6.45) is 14.3. The lowest BCUT2D eigenvalue weighted by atomic mass is 9.84. The van der Waals surface area contributed by atoms with Crippen LogP contribution in [0.1, 0.15) is 84.0 Å². The maximum absolute atomic E-state index is 9.10. The molecule has 0 saturated carbocycles. The topological polar surface area (TPSA) is 120 Å². The van der Waals surface area contributed by atoms with Crippen LogP contribution in [0.3, 0.4) is 0 Å². The van der Waals surface area contributed by atoms with Crippen LogP contribution >= 0.6 is 0 Å². The molecule has 2 aromatic carbocycles. The summed E-state index contributed by atoms with van der Waals surface area (Å²) in [6, 6.07) is 25.7. The summed E-state index contributed by atoms with van der Waals surface area (Å²) in [7, 11) is 8.48. The number of nitrogens with one attached hydrogen (secondary N) is 1. The fourth-order valence-electron chi connectivity index (χ4n) is 6.80. The average molecular weight is 673 g/mol. The molecule has 0 saturated heterocycles. The van der Waals surface area contributed by atoms with Crippen molar-refractivity contribution in [2.24, 2.45) is 14.1 Å². The van der Waals surface area contributed by atoms with Crippen molar-refractivity contribution in [1.29, 1.82) is 0 Å². The highest BCUT2D eigenvalue weighted by Crippen LogP contribution is 2.35. The van der Waals surface area contributed by atoms with Crippen molar-refractivity contribution in [1.82, 2.24) is 19.4 Å². The third-order valence-electron chi connectivity index (χ3n) is 9.32. The highest BCUT2D eigenvalue weighted by atomic mass is 16.4. The van der Waals surface area contributed by atoms with E-state index in [-0.39, 0.29) is 0 Å². The Balaban J connectivity index is 0.000000198. The number of hydrogen-bond donors (Lipinski definition) is 4. The monoisotopic (exact) mass is 672 g/mol. The van der Waals surface area contributed by atoms with Gasteiger partial charge in [-0.1, -0.05) is 60.7 Å². The quantitative estimate of drug-likeness (QED) is 0.153. The lowest BCUT2D eigenvalue weighted by Gasteiger charge is -2.26. The van der Waals surface area contributed by atoms with Crippen molar-refractivity contribution in [3.8, 4) is 0 Å². The molecule has 0 spiro atoms. The smallest absolute Gasteiger partial charge is 0.414 e. The molecule has 9 nitrogen and oxygen atoms in total. The molecule has 4 N–H and O–H groups in total. The van der Waals surface area contributed by atoms with Crippen LogP contribution in [0.15, 0.2) is 85.2 Å². The van der Waals surface area contributed by atoms with Crippen LogP contribution in [0.4, 0.5) is 0 Å². The van der Waals surface area contributed by atoms with E-state index in [2.05, 4.69) is 107 Å². The van der Waals surface area contributed by atoms with E-state index in [1.54, 1.807) is 11.3 Å². The number of aryl methyl sites for hydroxylation is 2. The highest BCUT2D eigenvalue weighted by Gasteiger charge is 2.23. The first kappa shape index (κ1) is 39.3. The van der Waals surface area contributed by atoms with Crippen LogP contribution in [0.5, 0.6) is 0 Å². The van der Waals surface area contributed by atoms with Crippen LogP contribution in [-0.2, 0) is 49.6 Å². The Labute approximate surface area is 292 Å². The third-order valence-corrected chi connectivity index (χ3v) is 9.32. The van der Waals surface area contributed by atoms with Crippen LogP contribution in [-0.4, -0.2) is 68.5 Å². The molecule has 266 valence electrons. The summed E-state index contributed by atoms with van der Waals surface area (Å²) in [5, 5.41) is 26.8. The fraction of sp³-hybridized carbons (Fsp3) is 0.450. The summed E-state index contributed by atoms with van der Waals surface area (Å²) in [5.74, 6) is -2.28. The lowest BCUT2D eigenvalue weighted by molar-refractivity contribution is -0.159. The van der Waals surface area contributed by atoms with Crippen LogP contribution in [0, 0.1) is 0 Å². The zero-order chi connectivity index (χ0) is 35.6. The molecule has 2 aliphatic rings. The van der Waals surface area contributed by atoms with Crippen molar-refractivity contribution in [3.63, 3.8) is 0 Å². The largest absolute Gasteiger partial charge is 0.473 e. The molecule has 0 aliphatic heterocycles. The molecule has 0 bridgehead atoms. The Morgan fingerprint density at radius 1 is 0.755 bits per heavy atom. The molecular weight excluding hydrogens is 616 g/mol. The number of aliphatic carboxylic acids is 2. The van der Waals surface area contributed by atoms with Gasteiger partial charge in [0.15, 0.2) is 0 Å². The van der Waals surface area contributed by atoms with Crippen LogP contribution in [0.25, 0.3) is 0 Å². The number of carbonyl (C=O) groups is 2. The van der Waals surface area contributed by atoms with Gasteiger partial charge in [-0.25, -0.2) is 9.59 Å². The minimum Gasteiger partial charge on any atom is -0.473 e. The number of fused-ring (bicyclic) bond motifs is 2. The minimum absolute atomic E-state index is 0.318. The normalized spacial score (nSPS) is 16.0.